The maximum absolute atomic E-state index is 9.98. The van der Waals surface area contributed by atoms with E-state index < -0.39 is 5.60 Å². The van der Waals surface area contributed by atoms with Gasteiger partial charge >= 0.3 is 0 Å². The fourth-order valence-electron chi connectivity index (χ4n) is 2.04. The van der Waals surface area contributed by atoms with E-state index in [1.807, 2.05) is 31.3 Å². The van der Waals surface area contributed by atoms with Crippen molar-refractivity contribution in [2.75, 3.05) is 5.73 Å². The SMILES string of the molecule is Cn1ncc(-c2ccc(C3(O)CC3)cc2)c1N. The van der Waals surface area contributed by atoms with Gasteiger partial charge in [-0.1, -0.05) is 24.3 Å². The van der Waals surface area contributed by atoms with Crippen LogP contribution in [-0.4, -0.2) is 14.9 Å². The molecule has 0 unspecified atom stereocenters. The average Bonchev–Trinajstić information content (AvgIpc) is 3.00. The summed E-state index contributed by atoms with van der Waals surface area (Å²) in [5.41, 5.74) is 8.30. The monoisotopic (exact) mass is 229 g/mol. The zero-order valence-corrected chi connectivity index (χ0v) is 9.72. The molecule has 4 heteroatoms. The third-order valence-corrected chi connectivity index (χ3v) is 3.44. The number of rotatable bonds is 2. The summed E-state index contributed by atoms with van der Waals surface area (Å²) in [6, 6.07) is 7.90. The molecule has 0 atom stereocenters. The Bertz CT molecular complexity index is 553. The van der Waals surface area contributed by atoms with Gasteiger partial charge in [-0.15, -0.1) is 0 Å². The van der Waals surface area contributed by atoms with Crippen molar-refractivity contribution in [2.24, 2.45) is 7.05 Å². The minimum atomic E-state index is -0.570. The van der Waals surface area contributed by atoms with Gasteiger partial charge in [0.25, 0.3) is 0 Å². The highest BCUT2D eigenvalue weighted by Gasteiger charge is 2.41. The zero-order chi connectivity index (χ0) is 12.0. The molecule has 0 bridgehead atoms. The van der Waals surface area contributed by atoms with E-state index in [-0.39, 0.29) is 0 Å². The predicted octanol–water partition coefficient (Wildman–Crippen LogP) is 1.65. The molecule has 0 spiro atoms. The minimum absolute atomic E-state index is 0.570. The van der Waals surface area contributed by atoms with Crippen LogP contribution in [0.1, 0.15) is 18.4 Å². The number of benzene rings is 1. The fourth-order valence-corrected chi connectivity index (χ4v) is 2.04. The smallest absolute Gasteiger partial charge is 0.129 e. The number of aliphatic hydroxyl groups is 1. The van der Waals surface area contributed by atoms with Gasteiger partial charge < -0.3 is 10.8 Å². The van der Waals surface area contributed by atoms with Crippen molar-refractivity contribution in [2.45, 2.75) is 18.4 Å². The van der Waals surface area contributed by atoms with Crippen molar-refractivity contribution >= 4 is 5.82 Å². The molecule has 1 saturated carbocycles. The van der Waals surface area contributed by atoms with E-state index in [0.717, 1.165) is 29.5 Å². The molecule has 1 fully saturated rings. The second-order valence-corrected chi connectivity index (χ2v) is 4.68. The third kappa shape index (κ3) is 1.61. The molecule has 17 heavy (non-hydrogen) atoms. The maximum atomic E-state index is 9.98. The first-order valence-electron chi connectivity index (χ1n) is 5.71. The molecule has 1 aliphatic rings. The lowest BCUT2D eigenvalue weighted by Gasteiger charge is -2.08. The molecular weight excluding hydrogens is 214 g/mol. The van der Waals surface area contributed by atoms with E-state index in [1.165, 1.54) is 0 Å². The number of hydrogen-bond acceptors (Lipinski definition) is 3. The van der Waals surface area contributed by atoms with Crippen LogP contribution in [-0.2, 0) is 12.6 Å². The molecule has 1 heterocycles. The zero-order valence-electron chi connectivity index (χ0n) is 9.72. The second kappa shape index (κ2) is 3.34. The average molecular weight is 229 g/mol. The number of hydrogen-bond donors (Lipinski definition) is 2. The van der Waals surface area contributed by atoms with Gasteiger partial charge in [-0.2, -0.15) is 5.10 Å². The molecule has 1 aliphatic carbocycles. The molecule has 88 valence electrons. The molecule has 0 radical (unpaired) electrons. The van der Waals surface area contributed by atoms with Gasteiger partial charge in [0.1, 0.15) is 5.82 Å². The van der Waals surface area contributed by atoms with Gasteiger partial charge in [0.2, 0.25) is 0 Å². The van der Waals surface area contributed by atoms with Crippen molar-refractivity contribution in [3.05, 3.63) is 36.0 Å². The maximum Gasteiger partial charge on any atom is 0.129 e. The highest BCUT2D eigenvalue weighted by molar-refractivity contribution is 5.73. The Morgan fingerprint density at radius 2 is 1.94 bits per heavy atom. The number of aromatic nitrogens is 2. The molecule has 3 N–H and O–H groups in total. The fraction of sp³-hybridized carbons (Fsp3) is 0.308. The summed E-state index contributed by atoms with van der Waals surface area (Å²) in [7, 11) is 1.82. The molecule has 1 aromatic heterocycles. The summed E-state index contributed by atoms with van der Waals surface area (Å²) < 4.78 is 1.65. The van der Waals surface area contributed by atoms with Gasteiger partial charge in [-0.25, -0.2) is 0 Å². The van der Waals surface area contributed by atoms with E-state index in [4.69, 9.17) is 5.73 Å². The summed E-state index contributed by atoms with van der Waals surface area (Å²) in [6.45, 7) is 0. The number of aryl methyl sites for hydroxylation is 1. The summed E-state index contributed by atoms with van der Waals surface area (Å²) >= 11 is 0. The summed E-state index contributed by atoms with van der Waals surface area (Å²) in [6.07, 6.45) is 3.49. The third-order valence-electron chi connectivity index (χ3n) is 3.44. The minimum Gasteiger partial charge on any atom is -0.385 e. The van der Waals surface area contributed by atoms with E-state index in [0.29, 0.717) is 5.82 Å². The van der Waals surface area contributed by atoms with E-state index >= 15 is 0 Å². The van der Waals surface area contributed by atoms with Crippen molar-refractivity contribution < 1.29 is 5.11 Å². The Labute approximate surface area is 99.7 Å². The predicted molar refractivity (Wildman–Crippen MR) is 66.2 cm³/mol. The first kappa shape index (κ1) is 10.4. The second-order valence-electron chi connectivity index (χ2n) is 4.68. The van der Waals surface area contributed by atoms with Crippen LogP contribution >= 0.6 is 0 Å². The molecule has 0 saturated heterocycles. The first-order valence-corrected chi connectivity index (χ1v) is 5.71. The lowest BCUT2D eigenvalue weighted by molar-refractivity contribution is 0.151. The summed E-state index contributed by atoms with van der Waals surface area (Å²) in [5, 5.41) is 14.1. The van der Waals surface area contributed by atoms with Gasteiger partial charge in [-0.05, 0) is 24.0 Å². The first-order chi connectivity index (χ1) is 8.10. The van der Waals surface area contributed by atoms with Gasteiger partial charge in [0, 0.05) is 12.6 Å². The van der Waals surface area contributed by atoms with Gasteiger partial charge in [-0.3, -0.25) is 4.68 Å². The van der Waals surface area contributed by atoms with Crippen LogP contribution in [0, 0.1) is 0 Å². The van der Waals surface area contributed by atoms with Gasteiger partial charge in [0.15, 0.2) is 0 Å². The Kier molecular flexibility index (Phi) is 2.03. The normalized spacial score (nSPS) is 17.1. The topological polar surface area (TPSA) is 64.1 Å². The molecule has 3 rings (SSSR count). The highest BCUT2D eigenvalue weighted by Crippen LogP contribution is 2.45. The van der Waals surface area contributed by atoms with E-state index in [9.17, 15) is 5.11 Å². The quantitative estimate of drug-likeness (QED) is 0.823. The number of anilines is 1. The van der Waals surface area contributed by atoms with Crippen LogP contribution < -0.4 is 5.73 Å². The van der Waals surface area contributed by atoms with Crippen molar-refractivity contribution in [1.29, 1.82) is 0 Å². The van der Waals surface area contributed by atoms with Gasteiger partial charge in [0.05, 0.1) is 11.8 Å². The lowest BCUT2D eigenvalue weighted by atomic mass is 10.0. The standard InChI is InChI=1S/C13H15N3O/c1-16-12(14)11(8-15-16)9-2-4-10(5-3-9)13(17)6-7-13/h2-5,8,17H,6-7,14H2,1H3. The van der Waals surface area contributed by atoms with Crippen molar-refractivity contribution in [1.82, 2.24) is 9.78 Å². The van der Waals surface area contributed by atoms with Crippen LogP contribution in [0.4, 0.5) is 5.82 Å². The highest BCUT2D eigenvalue weighted by atomic mass is 16.3. The Balaban J connectivity index is 1.97. The number of nitrogens with two attached hydrogens (primary N) is 1. The molecule has 0 amide bonds. The molecule has 4 nitrogen and oxygen atoms in total. The molecular formula is C13H15N3O. The summed E-state index contributed by atoms with van der Waals surface area (Å²) in [4.78, 5) is 0. The lowest BCUT2D eigenvalue weighted by Crippen LogP contribution is -2.03. The molecule has 1 aromatic carbocycles. The number of nitrogens with zero attached hydrogens (tertiary/aromatic N) is 2. The van der Waals surface area contributed by atoms with Crippen LogP contribution in [0.5, 0.6) is 0 Å². The Morgan fingerprint density at radius 1 is 1.29 bits per heavy atom. The number of nitrogen functional groups attached to an aromatic ring is 1. The van der Waals surface area contributed by atoms with E-state index in [2.05, 4.69) is 5.10 Å². The van der Waals surface area contributed by atoms with Crippen molar-refractivity contribution in [3.63, 3.8) is 0 Å². The Morgan fingerprint density at radius 3 is 2.41 bits per heavy atom. The van der Waals surface area contributed by atoms with Crippen LogP contribution in [0.15, 0.2) is 30.5 Å². The van der Waals surface area contributed by atoms with E-state index in [1.54, 1.807) is 10.9 Å². The van der Waals surface area contributed by atoms with Crippen molar-refractivity contribution in [3.8, 4) is 11.1 Å². The van der Waals surface area contributed by atoms with Crippen LogP contribution in [0.25, 0.3) is 11.1 Å². The largest absolute Gasteiger partial charge is 0.385 e. The van der Waals surface area contributed by atoms with Crippen LogP contribution in [0.2, 0.25) is 0 Å². The Hall–Kier alpha value is -1.81. The van der Waals surface area contributed by atoms with Crippen LogP contribution in [0.3, 0.4) is 0 Å². The molecule has 0 aliphatic heterocycles. The summed E-state index contributed by atoms with van der Waals surface area (Å²) in [5.74, 6) is 0.655. The molecule has 2 aromatic rings.